The highest BCUT2D eigenvalue weighted by atomic mass is 16.1. The first kappa shape index (κ1) is 21.7. The van der Waals surface area contributed by atoms with Gasteiger partial charge in [-0.3, -0.25) is 9.79 Å². The molecule has 1 unspecified atom stereocenters. The minimum absolute atomic E-state index is 0.0294. The molecule has 0 fully saturated rings. The molecule has 0 bridgehead atoms. The van der Waals surface area contributed by atoms with Crippen LogP contribution >= 0.6 is 0 Å². The SMILES string of the molecule is CCCCCCCCCCCCC(CCCN=C(N)N)C(N)=O. The predicted molar refractivity (Wildman–Crippen MR) is 99.1 cm³/mol. The molecule has 0 aliphatic carbocycles. The third-order valence-corrected chi connectivity index (χ3v) is 4.31. The van der Waals surface area contributed by atoms with Crippen molar-refractivity contribution in [1.29, 1.82) is 0 Å². The van der Waals surface area contributed by atoms with Crippen molar-refractivity contribution in [2.45, 2.75) is 90.4 Å². The van der Waals surface area contributed by atoms with Gasteiger partial charge in [0, 0.05) is 12.5 Å². The molecule has 6 N–H and O–H groups in total. The van der Waals surface area contributed by atoms with Crippen LogP contribution in [0.2, 0.25) is 0 Å². The van der Waals surface area contributed by atoms with E-state index in [0.717, 1.165) is 25.7 Å². The van der Waals surface area contributed by atoms with E-state index in [1.807, 2.05) is 0 Å². The normalized spacial score (nSPS) is 12.0. The lowest BCUT2D eigenvalue weighted by Gasteiger charge is -2.12. The summed E-state index contributed by atoms with van der Waals surface area (Å²) in [5.41, 5.74) is 16.0. The van der Waals surface area contributed by atoms with Gasteiger partial charge in [0.05, 0.1) is 0 Å². The molecular formula is C18H38N4O. The van der Waals surface area contributed by atoms with Crippen molar-refractivity contribution in [3.8, 4) is 0 Å². The van der Waals surface area contributed by atoms with Crippen LogP contribution in [0, 0.1) is 5.92 Å². The van der Waals surface area contributed by atoms with E-state index >= 15 is 0 Å². The van der Waals surface area contributed by atoms with Crippen LogP contribution in [0.5, 0.6) is 0 Å². The Hall–Kier alpha value is -1.26. The Labute approximate surface area is 142 Å². The molecule has 0 saturated heterocycles. The molecular weight excluding hydrogens is 288 g/mol. The second-order valence-electron chi connectivity index (χ2n) is 6.52. The van der Waals surface area contributed by atoms with Gasteiger partial charge in [-0.2, -0.15) is 0 Å². The maximum atomic E-state index is 11.5. The van der Waals surface area contributed by atoms with E-state index in [2.05, 4.69) is 11.9 Å². The first-order valence-corrected chi connectivity index (χ1v) is 9.42. The van der Waals surface area contributed by atoms with Gasteiger partial charge in [0.15, 0.2) is 5.96 Å². The lowest BCUT2D eigenvalue weighted by molar-refractivity contribution is -0.122. The van der Waals surface area contributed by atoms with Gasteiger partial charge in [-0.05, 0) is 19.3 Å². The van der Waals surface area contributed by atoms with E-state index in [1.54, 1.807) is 0 Å². The van der Waals surface area contributed by atoms with Gasteiger partial charge in [-0.25, -0.2) is 0 Å². The van der Waals surface area contributed by atoms with Crippen molar-refractivity contribution in [3.05, 3.63) is 0 Å². The number of carbonyl (C=O) groups is 1. The van der Waals surface area contributed by atoms with Crippen molar-refractivity contribution in [3.63, 3.8) is 0 Å². The topological polar surface area (TPSA) is 107 Å². The summed E-state index contributed by atoms with van der Waals surface area (Å²) in [5.74, 6) is -0.112. The minimum Gasteiger partial charge on any atom is -0.370 e. The first-order chi connectivity index (χ1) is 11.1. The Bertz CT molecular complexity index is 314. The standard InChI is InChI=1S/C18H38N4O/c1-2-3-4-5-6-7-8-9-10-11-13-16(17(19)23)14-12-15-22-18(20)21/h16H,2-15H2,1H3,(H2,19,23)(H4,20,21,22). The zero-order valence-corrected chi connectivity index (χ0v) is 15.1. The number of nitrogens with zero attached hydrogens (tertiary/aromatic N) is 1. The average Bonchev–Trinajstić information content (AvgIpc) is 2.50. The molecule has 0 aliphatic heterocycles. The fourth-order valence-corrected chi connectivity index (χ4v) is 2.85. The Balaban J connectivity index is 3.54. The fourth-order valence-electron chi connectivity index (χ4n) is 2.85. The van der Waals surface area contributed by atoms with Crippen LogP contribution in [0.4, 0.5) is 0 Å². The van der Waals surface area contributed by atoms with Crippen molar-refractivity contribution < 1.29 is 4.79 Å². The van der Waals surface area contributed by atoms with E-state index in [4.69, 9.17) is 17.2 Å². The Kier molecular flexibility index (Phi) is 14.8. The molecule has 136 valence electrons. The molecule has 5 heteroatoms. The molecule has 0 aromatic heterocycles. The Morgan fingerprint density at radius 3 is 1.74 bits per heavy atom. The second-order valence-corrected chi connectivity index (χ2v) is 6.52. The summed E-state index contributed by atoms with van der Waals surface area (Å²) in [6.45, 7) is 2.82. The van der Waals surface area contributed by atoms with Gasteiger partial charge in [-0.15, -0.1) is 0 Å². The van der Waals surface area contributed by atoms with Gasteiger partial charge < -0.3 is 17.2 Å². The Morgan fingerprint density at radius 1 is 0.783 bits per heavy atom. The molecule has 0 aliphatic rings. The summed E-state index contributed by atoms with van der Waals surface area (Å²) >= 11 is 0. The van der Waals surface area contributed by atoms with E-state index in [1.165, 1.54) is 57.8 Å². The number of nitrogens with two attached hydrogens (primary N) is 3. The van der Waals surface area contributed by atoms with E-state index in [9.17, 15) is 4.79 Å². The molecule has 1 amide bonds. The minimum atomic E-state index is -0.189. The van der Waals surface area contributed by atoms with Crippen LogP contribution in [0.3, 0.4) is 0 Å². The summed E-state index contributed by atoms with van der Waals surface area (Å²) < 4.78 is 0. The van der Waals surface area contributed by atoms with Crippen LogP contribution in [0.1, 0.15) is 90.4 Å². The van der Waals surface area contributed by atoms with Crippen LogP contribution in [-0.4, -0.2) is 18.4 Å². The molecule has 23 heavy (non-hydrogen) atoms. The molecule has 0 heterocycles. The highest BCUT2D eigenvalue weighted by Gasteiger charge is 2.14. The lowest BCUT2D eigenvalue weighted by atomic mass is 9.95. The lowest BCUT2D eigenvalue weighted by Crippen LogP contribution is -2.24. The van der Waals surface area contributed by atoms with Crippen LogP contribution in [0.25, 0.3) is 0 Å². The second kappa shape index (κ2) is 15.6. The highest BCUT2D eigenvalue weighted by molar-refractivity contribution is 5.76. The third-order valence-electron chi connectivity index (χ3n) is 4.31. The number of hydrogen-bond acceptors (Lipinski definition) is 2. The molecule has 1 atom stereocenters. The molecule has 0 radical (unpaired) electrons. The first-order valence-electron chi connectivity index (χ1n) is 9.42. The van der Waals surface area contributed by atoms with Gasteiger partial charge in [0.2, 0.25) is 5.91 Å². The zero-order valence-electron chi connectivity index (χ0n) is 15.1. The van der Waals surface area contributed by atoms with Crippen LogP contribution in [-0.2, 0) is 4.79 Å². The zero-order chi connectivity index (χ0) is 17.3. The van der Waals surface area contributed by atoms with E-state index in [-0.39, 0.29) is 17.8 Å². The number of unbranched alkanes of at least 4 members (excludes halogenated alkanes) is 9. The van der Waals surface area contributed by atoms with Crippen molar-refractivity contribution in [2.75, 3.05) is 6.54 Å². The van der Waals surface area contributed by atoms with E-state index in [0.29, 0.717) is 6.54 Å². The van der Waals surface area contributed by atoms with Gasteiger partial charge in [0.25, 0.3) is 0 Å². The molecule has 0 aromatic carbocycles. The molecule has 5 nitrogen and oxygen atoms in total. The number of aliphatic imine (C=N–C) groups is 1. The highest BCUT2D eigenvalue weighted by Crippen LogP contribution is 2.17. The van der Waals surface area contributed by atoms with E-state index < -0.39 is 0 Å². The number of amides is 1. The summed E-state index contributed by atoms with van der Waals surface area (Å²) in [7, 11) is 0. The molecule has 0 aromatic rings. The number of carbonyl (C=O) groups excluding carboxylic acids is 1. The summed E-state index contributed by atoms with van der Waals surface area (Å²) in [5, 5.41) is 0. The maximum Gasteiger partial charge on any atom is 0.220 e. The number of primary amides is 1. The Morgan fingerprint density at radius 2 is 1.26 bits per heavy atom. The number of rotatable bonds is 16. The monoisotopic (exact) mass is 326 g/mol. The van der Waals surface area contributed by atoms with Gasteiger partial charge >= 0.3 is 0 Å². The van der Waals surface area contributed by atoms with Crippen LogP contribution < -0.4 is 17.2 Å². The average molecular weight is 327 g/mol. The smallest absolute Gasteiger partial charge is 0.220 e. The largest absolute Gasteiger partial charge is 0.370 e. The van der Waals surface area contributed by atoms with Crippen molar-refractivity contribution in [1.82, 2.24) is 0 Å². The predicted octanol–water partition coefficient (Wildman–Crippen LogP) is 3.45. The van der Waals surface area contributed by atoms with Gasteiger partial charge in [0.1, 0.15) is 0 Å². The van der Waals surface area contributed by atoms with Crippen molar-refractivity contribution >= 4 is 11.9 Å². The van der Waals surface area contributed by atoms with Crippen molar-refractivity contribution in [2.24, 2.45) is 28.1 Å². The summed E-state index contributed by atoms with van der Waals surface area (Å²) in [4.78, 5) is 15.4. The quantitative estimate of drug-likeness (QED) is 0.230. The maximum absolute atomic E-state index is 11.5. The summed E-state index contributed by atoms with van der Waals surface area (Å²) in [6.07, 6.45) is 15.5. The summed E-state index contributed by atoms with van der Waals surface area (Å²) in [6, 6.07) is 0. The molecule has 0 rings (SSSR count). The molecule has 0 spiro atoms. The molecule has 0 saturated carbocycles. The van der Waals surface area contributed by atoms with Crippen LogP contribution in [0.15, 0.2) is 4.99 Å². The number of guanidine groups is 1. The fraction of sp³-hybridized carbons (Fsp3) is 0.889. The third kappa shape index (κ3) is 15.4. The number of hydrogen-bond donors (Lipinski definition) is 3. The van der Waals surface area contributed by atoms with Gasteiger partial charge in [-0.1, -0.05) is 71.1 Å².